The first-order valence-electron chi connectivity index (χ1n) is 10.2. The first-order valence-corrected chi connectivity index (χ1v) is 10.2. The number of nitrogens with zero attached hydrogens (tertiary/aromatic N) is 1. The van der Waals surface area contributed by atoms with Crippen LogP contribution in [0.15, 0.2) is 30.3 Å². The second kappa shape index (κ2) is 6.11. The minimum absolute atomic E-state index is 0.0434. The molecule has 0 radical (unpaired) electrons. The van der Waals surface area contributed by atoms with Crippen LogP contribution in [0, 0.1) is 23.7 Å². The average molecular weight is 352 g/mol. The highest BCUT2D eigenvalue weighted by atomic mass is 16.2. The molecular formula is C22H28N2O2. The Kier molecular flexibility index (Phi) is 3.84. The Hall–Kier alpha value is -1.84. The number of nitrogens with one attached hydrogen (secondary N) is 1. The Balaban J connectivity index is 1.23. The van der Waals surface area contributed by atoms with E-state index in [2.05, 4.69) is 5.32 Å². The SMILES string of the molecule is O=C(NC12CC3CC(CC(C3)C1)C2)C1CC(=O)N(Cc2ccccc2)C1. The minimum atomic E-state index is -0.181. The highest BCUT2D eigenvalue weighted by molar-refractivity contribution is 5.89. The van der Waals surface area contributed by atoms with Crippen molar-refractivity contribution in [3.8, 4) is 0 Å². The highest BCUT2D eigenvalue weighted by Gasteiger charge is 2.52. The maximum absolute atomic E-state index is 13.0. The van der Waals surface area contributed by atoms with Crippen LogP contribution in [0.1, 0.15) is 50.5 Å². The van der Waals surface area contributed by atoms with Crippen molar-refractivity contribution < 1.29 is 9.59 Å². The molecule has 1 atom stereocenters. The van der Waals surface area contributed by atoms with Crippen LogP contribution < -0.4 is 5.32 Å². The van der Waals surface area contributed by atoms with E-state index in [4.69, 9.17) is 0 Å². The van der Waals surface area contributed by atoms with Gasteiger partial charge in [-0.3, -0.25) is 9.59 Å². The molecule has 1 N–H and O–H groups in total. The van der Waals surface area contributed by atoms with Gasteiger partial charge >= 0.3 is 0 Å². The van der Waals surface area contributed by atoms with Gasteiger partial charge in [-0.15, -0.1) is 0 Å². The standard InChI is InChI=1S/C22H28N2O2/c25-20-9-19(14-24(20)13-15-4-2-1-3-5-15)21(26)23-22-10-16-6-17(11-22)8-18(7-16)12-22/h1-5,16-19H,6-14H2,(H,23,26). The van der Waals surface area contributed by atoms with Gasteiger partial charge in [0.2, 0.25) is 11.8 Å². The average Bonchev–Trinajstić information content (AvgIpc) is 2.95. The van der Waals surface area contributed by atoms with Crippen molar-refractivity contribution in [2.45, 2.75) is 57.0 Å². The summed E-state index contributed by atoms with van der Waals surface area (Å²) < 4.78 is 0. The monoisotopic (exact) mass is 352 g/mol. The normalized spacial score (nSPS) is 38.0. The van der Waals surface area contributed by atoms with Crippen LogP contribution in [0.3, 0.4) is 0 Å². The molecule has 0 aromatic heterocycles. The van der Waals surface area contributed by atoms with Gasteiger partial charge in [0.1, 0.15) is 0 Å². The molecule has 5 fully saturated rings. The fourth-order valence-electron chi connectivity index (χ4n) is 6.53. The number of rotatable bonds is 4. The highest BCUT2D eigenvalue weighted by Crippen LogP contribution is 2.55. The Morgan fingerprint density at radius 2 is 1.65 bits per heavy atom. The predicted molar refractivity (Wildman–Crippen MR) is 99.0 cm³/mol. The van der Waals surface area contributed by atoms with Crippen LogP contribution in [-0.2, 0) is 16.1 Å². The zero-order valence-electron chi connectivity index (χ0n) is 15.3. The van der Waals surface area contributed by atoms with E-state index in [0.717, 1.165) is 23.3 Å². The van der Waals surface area contributed by atoms with E-state index in [1.165, 1.54) is 38.5 Å². The third kappa shape index (κ3) is 2.93. The third-order valence-electron chi connectivity index (χ3n) is 7.23. The summed E-state index contributed by atoms with van der Waals surface area (Å²) >= 11 is 0. The van der Waals surface area contributed by atoms with Crippen molar-refractivity contribution >= 4 is 11.8 Å². The van der Waals surface area contributed by atoms with Gasteiger partial charge in [0.15, 0.2) is 0 Å². The molecule has 0 spiro atoms. The van der Waals surface area contributed by atoms with Gasteiger partial charge in [-0.25, -0.2) is 0 Å². The van der Waals surface area contributed by atoms with Gasteiger partial charge < -0.3 is 10.2 Å². The first-order chi connectivity index (χ1) is 12.6. The number of carbonyl (C=O) groups excluding carboxylic acids is 2. The fourth-order valence-corrected chi connectivity index (χ4v) is 6.53. The molecule has 4 aliphatic carbocycles. The molecule has 1 aliphatic heterocycles. The lowest BCUT2D eigenvalue weighted by molar-refractivity contribution is -0.132. The van der Waals surface area contributed by atoms with Crippen molar-refractivity contribution in [3.05, 3.63) is 35.9 Å². The number of benzene rings is 1. The summed E-state index contributed by atoms with van der Waals surface area (Å²) in [5.74, 6) is 2.51. The van der Waals surface area contributed by atoms with Gasteiger partial charge in [-0.05, 0) is 61.8 Å². The van der Waals surface area contributed by atoms with E-state index in [-0.39, 0.29) is 23.3 Å². The molecule has 26 heavy (non-hydrogen) atoms. The van der Waals surface area contributed by atoms with Crippen LogP contribution in [0.5, 0.6) is 0 Å². The molecule has 6 rings (SSSR count). The van der Waals surface area contributed by atoms with Gasteiger partial charge in [0.05, 0.1) is 5.92 Å². The summed E-state index contributed by atoms with van der Waals surface area (Å²) in [5, 5.41) is 3.45. The van der Waals surface area contributed by atoms with Gasteiger partial charge in [0.25, 0.3) is 0 Å². The minimum Gasteiger partial charge on any atom is -0.350 e. The second-order valence-corrected chi connectivity index (χ2v) is 9.35. The summed E-state index contributed by atoms with van der Waals surface area (Å²) in [5.41, 5.74) is 1.17. The maximum atomic E-state index is 13.0. The molecule has 1 unspecified atom stereocenters. The predicted octanol–water partition coefficient (Wildman–Crippen LogP) is 3.12. The zero-order chi connectivity index (χ0) is 17.7. The zero-order valence-corrected chi connectivity index (χ0v) is 15.3. The number of carbonyl (C=O) groups is 2. The van der Waals surface area contributed by atoms with E-state index in [1.807, 2.05) is 35.2 Å². The topological polar surface area (TPSA) is 49.4 Å². The largest absolute Gasteiger partial charge is 0.350 e. The van der Waals surface area contributed by atoms with E-state index >= 15 is 0 Å². The van der Waals surface area contributed by atoms with Crippen molar-refractivity contribution in [1.29, 1.82) is 0 Å². The lowest BCUT2D eigenvalue weighted by Crippen LogP contribution is -2.60. The summed E-state index contributed by atoms with van der Waals surface area (Å²) in [6.07, 6.45) is 7.99. The number of likely N-dealkylation sites (tertiary alicyclic amines) is 1. The van der Waals surface area contributed by atoms with Crippen molar-refractivity contribution in [2.24, 2.45) is 23.7 Å². The van der Waals surface area contributed by atoms with E-state index < -0.39 is 0 Å². The maximum Gasteiger partial charge on any atom is 0.225 e. The molecule has 5 aliphatic rings. The van der Waals surface area contributed by atoms with E-state index in [1.54, 1.807) is 0 Å². The Morgan fingerprint density at radius 1 is 1.04 bits per heavy atom. The number of hydrogen-bond acceptors (Lipinski definition) is 2. The molecule has 1 saturated heterocycles. The Bertz CT molecular complexity index is 679. The van der Waals surface area contributed by atoms with Crippen LogP contribution in [0.25, 0.3) is 0 Å². The Labute approximate surface area is 155 Å². The third-order valence-corrected chi connectivity index (χ3v) is 7.23. The summed E-state index contributed by atoms with van der Waals surface area (Å²) in [7, 11) is 0. The molecule has 4 nitrogen and oxygen atoms in total. The van der Waals surface area contributed by atoms with Gasteiger partial charge in [-0.2, -0.15) is 0 Å². The van der Waals surface area contributed by atoms with Crippen LogP contribution in [-0.4, -0.2) is 28.8 Å². The number of hydrogen-bond donors (Lipinski definition) is 1. The molecule has 1 aromatic carbocycles. The quantitative estimate of drug-likeness (QED) is 0.905. The van der Waals surface area contributed by atoms with E-state index in [9.17, 15) is 9.59 Å². The molecule has 1 aromatic rings. The summed E-state index contributed by atoms with van der Waals surface area (Å²) in [4.78, 5) is 27.2. The summed E-state index contributed by atoms with van der Waals surface area (Å²) in [6, 6.07) is 10.0. The molecular weight excluding hydrogens is 324 g/mol. The summed E-state index contributed by atoms with van der Waals surface area (Å²) in [6.45, 7) is 1.17. The van der Waals surface area contributed by atoms with Gasteiger partial charge in [-0.1, -0.05) is 30.3 Å². The lowest BCUT2D eigenvalue weighted by atomic mass is 9.53. The van der Waals surface area contributed by atoms with Crippen LogP contribution in [0.2, 0.25) is 0 Å². The number of amides is 2. The Morgan fingerprint density at radius 3 is 2.27 bits per heavy atom. The fraction of sp³-hybridized carbons (Fsp3) is 0.636. The lowest BCUT2D eigenvalue weighted by Gasteiger charge is -2.57. The van der Waals surface area contributed by atoms with Crippen LogP contribution >= 0.6 is 0 Å². The molecule has 138 valence electrons. The molecule has 4 heteroatoms. The molecule has 4 bridgehead atoms. The van der Waals surface area contributed by atoms with Crippen molar-refractivity contribution in [2.75, 3.05) is 6.54 Å². The second-order valence-electron chi connectivity index (χ2n) is 9.35. The van der Waals surface area contributed by atoms with Crippen molar-refractivity contribution in [1.82, 2.24) is 10.2 Å². The molecule has 1 heterocycles. The van der Waals surface area contributed by atoms with Crippen molar-refractivity contribution in [3.63, 3.8) is 0 Å². The molecule has 2 amide bonds. The van der Waals surface area contributed by atoms with Gasteiger partial charge in [0, 0.05) is 25.0 Å². The smallest absolute Gasteiger partial charge is 0.225 e. The van der Waals surface area contributed by atoms with Crippen LogP contribution in [0.4, 0.5) is 0 Å². The van der Waals surface area contributed by atoms with E-state index in [0.29, 0.717) is 19.5 Å². The first kappa shape index (κ1) is 16.3. The molecule has 4 saturated carbocycles.